The van der Waals surface area contributed by atoms with Gasteiger partial charge in [0.15, 0.2) is 0 Å². The molecule has 0 unspecified atom stereocenters. The van der Waals surface area contributed by atoms with Gasteiger partial charge in [-0.2, -0.15) is 0 Å². The fraction of sp³-hybridized carbons (Fsp3) is 0.462. The molecule has 5 heteroatoms. The van der Waals surface area contributed by atoms with Gasteiger partial charge < -0.3 is 0 Å². The molecule has 0 aliphatic carbocycles. The fourth-order valence-corrected chi connectivity index (χ4v) is 9.32. The van der Waals surface area contributed by atoms with Crippen LogP contribution in [0.5, 0.6) is 5.75 Å². The summed E-state index contributed by atoms with van der Waals surface area (Å²) >= 11 is -3.54. The summed E-state index contributed by atoms with van der Waals surface area (Å²) in [6, 6.07) is 13.0. The summed E-state index contributed by atoms with van der Waals surface area (Å²) in [6.45, 7) is 19.3. The number of ether oxygens (including phenoxy) is 1. The molecule has 0 aromatic heterocycles. The Hall–Kier alpha value is -0.857. The van der Waals surface area contributed by atoms with Crippen LogP contribution in [0.2, 0.25) is 0 Å². The minimum absolute atomic E-state index is 0.201. The van der Waals surface area contributed by atoms with Crippen LogP contribution in [-0.4, -0.2) is 26.0 Å². The van der Waals surface area contributed by atoms with Crippen LogP contribution in [0.1, 0.15) is 75.3 Å². The molecule has 2 aromatic carbocycles. The van der Waals surface area contributed by atoms with E-state index < -0.39 is 11.9 Å². The van der Waals surface area contributed by atoms with Gasteiger partial charge in [0.05, 0.1) is 0 Å². The first kappa shape index (κ1) is 26.4. The van der Waals surface area contributed by atoms with E-state index in [4.69, 9.17) is 24.1 Å². The molecule has 0 saturated carbocycles. The van der Waals surface area contributed by atoms with E-state index in [-0.39, 0.29) is 12.1 Å². The topological polar surface area (TPSA) is 12.5 Å². The summed E-state index contributed by atoms with van der Waals surface area (Å²) in [4.78, 5) is 2.24. The maximum absolute atomic E-state index is 7.26. The van der Waals surface area contributed by atoms with Crippen molar-refractivity contribution < 1.29 is 16.6 Å². The molecule has 31 heavy (non-hydrogen) atoms. The molecule has 0 saturated heterocycles. The first-order valence-corrected chi connectivity index (χ1v) is 17.2. The Morgan fingerprint density at radius 1 is 0.903 bits per heavy atom. The van der Waals surface area contributed by atoms with Crippen LogP contribution in [0.4, 0.5) is 0 Å². The molecular weight excluding hydrogens is 514 g/mol. The van der Waals surface area contributed by atoms with Gasteiger partial charge in [0, 0.05) is 0 Å². The molecule has 0 N–H and O–H groups in total. The average Bonchev–Trinajstić information content (AvgIpc) is 2.62. The Morgan fingerprint density at radius 2 is 1.42 bits per heavy atom. The van der Waals surface area contributed by atoms with E-state index in [9.17, 15) is 0 Å². The van der Waals surface area contributed by atoms with E-state index in [1.807, 2.05) is 6.07 Å². The second kappa shape index (κ2) is 10.8. The van der Waals surface area contributed by atoms with Crippen molar-refractivity contribution in [3.8, 4) is 5.75 Å². The van der Waals surface area contributed by atoms with Crippen molar-refractivity contribution in [1.29, 1.82) is 0 Å². The van der Waals surface area contributed by atoms with Crippen molar-refractivity contribution in [2.45, 2.75) is 80.3 Å². The molecule has 0 radical (unpaired) electrons. The van der Waals surface area contributed by atoms with Crippen LogP contribution in [0.25, 0.3) is 0 Å². The zero-order chi connectivity index (χ0) is 23.5. The van der Waals surface area contributed by atoms with Crippen molar-refractivity contribution in [3.63, 3.8) is 0 Å². The van der Waals surface area contributed by atoms with Gasteiger partial charge in [0.25, 0.3) is 0 Å². The standard InChI is InChI=1S/C16H25NO.C10H12.2ClH.Ru/c1-11(2)17(12(3)4)10-18-16-14(6)8-13(5)9-15(16)7;1-8(2)10-7-5-4-6-9(10)3;;;/h8-9,11-12H,1-7H3;3-8H,1-2H3;2*1H;/q;;;;+2/p-2. The Labute approximate surface area is 199 Å². The Kier molecular flexibility index (Phi) is 9.23. The average molecular weight is 552 g/mol. The van der Waals surface area contributed by atoms with E-state index >= 15 is 0 Å². The Bertz CT molecular complexity index is 1010. The zero-order valence-corrected chi connectivity index (χ0v) is 23.5. The van der Waals surface area contributed by atoms with Crippen molar-refractivity contribution in [3.05, 3.63) is 64.2 Å². The second-order valence-electron chi connectivity index (χ2n) is 8.99. The third-order valence-corrected chi connectivity index (χ3v) is 10.2. The van der Waals surface area contributed by atoms with Crippen molar-refractivity contribution in [1.82, 2.24) is 4.90 Å². The number of hydrogen-bond donors (Lipinski definition) is 0. The van der Waals surface area contributed by atoms with E-state index in [1.165, 1.54) is 11.1 Å². The van der Waals surface area contributed by atoms with Crippen molar-refractivity contribution >= 4 is 28.4 Å². The zero-order valence-electron chi connectivity index (χ0n) is 20.2. The number of hydrogen-bond acceptors (Lipinski definition) is 2. The predicted octanol–water partition coefficient (Wildman–Crippen LogP) is 7.63. The molecule has 0 spiro atoms. The SMILES string of the molecule is Cc1cc(C)c(O[C](N(C(C)C)C(C)C)=[Ru]([Cl])([Cl])=[CH]c2ccccc2C(C)C)c(C)c1. The summed E-state index contributed by atoms with van der Waals surface area (Å²) < 4.78 is 9.47. The predicted molar refractivity (Wildman–Crippen MR) is 136 cm³/mol. The van der Waals surface area contributed by atoms with Gasteiger partial charge in [-0.05, 0) is 0 Å². The summed E-state index contributed by atoms with van der Waals surface area (Å²) in [5, 5.41) is 0. The molecule has 2 nitrogen and oxygen atoms in total. The molecular formula is C26H37Cl2NORu. The summed E-state index contributed by atoms with van der Waals surface area (Å²) in [6.07, 6.45) is 0. The van der Waals surface area contributed by atoms with Gasteiger partial charge in [-0.25, -0.2) is 0 Å². The number of rotatable bonds is 7. The summed E-state index contributed by atoms with van der Waals surface area (Å²) in [5.74, 6) is 1.23. The van der Waals surface area contributed by atoms with Crippen LogP contribution in [0.3, 0.4) is 0 Å². The van der Waals surface area contributed by atoms with Crippen LogP contribution < -0.4 is 4.74 Å². The van der Waals surface area contributed by atoms with Gasteiger partial charge in [0.1, 0.15) is 0 Å². The molecule has 174 valence electrons. The molecule has 2 aromatic rings. The van der Waals surface area contributed by atoms with Crippen molar-refractivity contribution in [2.24, 2.45) is 0 Å². The Morgan fingerprint density at radius 3 is 1.90 bits per heavy atom. The molecule has 2 rings (SSSR count). The number of nitrogens with zero attached hydrogens (tertiary/aromatic N) is 1. The quantitative estimate of drug-likeness (QED) is 0.328. The van der Waals surface area contributed by atoms with E-state index in [0.29, 0.717) is 10.3 Å². The Balaban J connectivity index is 2.85. The number of halogens is 2. The third-order valence-electron chi connectivity index (χ3n) is 5.16. The van der Waals surface area contributed by atoms with Gasteiger partial charge in [-0.15, -0.1) is 0 Å². The van der Waals surface area contributed by atoms with Crippen LogP contribution in [0.15, 0.2) is 36.4 Å². The van der Waals surface area contributed by atoms with Crippen molar-refractivity contribution in [2.75, 3.05) is 0 Å². The van der Waals surface area contributed by atoms with Gasteiger partial charge in [0.2, 0.25) is 0 Å². The first-order valence-electron chi connectivity index (χ1n) is 10.8. The van der Waals surface area contributed by atoms with Crippen LogP contribution in [0, 0.1) is 20.8 Å². The summed E-state index contributed by atoms with van der Waals surface area (Å²) in [7, 11) is 14.5. The van der Waals surface area contributed by atoms with E-state index in [0.717, 1.165) is 22.4 Å². The fourth-order valence-electron chi connectivity index (χ4n) is 3.93. The molecule has 0 aliphatic heterocycles. The molecule has 0 amide bonds. The van der Waals surface area contributed by atoms with Gasteiger partial charge >= 0.3 is 200 Å². The minimum atomic E-state index is -3.54. The maximum atomic E-state index is 7.26. The molecule has 0 bridgehead atoms. The molecule has 0 aliphatic rings. The van der Waals surface area contributed by atoms with E-state index in [2.05, 4.69) is 102 Å². The second-order valence-corrected chi connectivity index (χ2v) is 18.2. The number of benzene rings is 2. The molecule has 0 heterocycles. The van der Waals surface area contributed by atoms with E-state index in [1.54, 1.807) is 0 Å². The number of aryl methyl sites for hydroxylation is 3. The van der Waals surface area contributed by atoms with Crippen LogP contribution >= 0.6 is 19.4 Å². The molecule has 0 fully saturated rings. The summed E-state index contributed by atoms with van der Waals surface area (Å²) in [5.41, 5.74) is 5.74. The van der Waals surface area contributed by atoms with Crippen LogP contribution in [-0.2, 0) is 11.9 Å². The monoisotopic (exact) mass is 551 g/mol. The van der Waals surface area contributed by atoms with Gasteiger partial charge in [-0.3, -0.25) is 0 Å². The normalized spacial score (nSPS) is 12.7. The third kappa shape index (κ3) is 6.58. The van der Waals surface area contributed by atoms with Gasteiger partial charge in [-0.1, -0.05) is 0 Å². The first-order chi connectivity index (χ1) is 14.3. The molecule has 0 atom stereocenters.